The standard InChI is InChI=1S/C17H19FN4O2S/c1-10-15(21-11(2)24-10)13(23)7-12-3-5-20-14(8-12)17(9-18)4-6-25-16(19)22-17/h3,5,8H,4,6-7,9H2,1-2H3,(H2,19,22)/t17-/m1/s1. The van der Waals surface area contributed by atoms with Crippen LogP contribution in [0.15, 0.2) is 27.7 Å². The molecule has 2 aromatic heterocycles. The van der Waals surface area contributed by atoms with E-state index < -0.39 is 12.2 Å². The maximum absolute atomic E-state index is 13.8. The van der Waals surface area contributed by atoms with Gasteiger partial charge in [0.05, 0.1) is 5.69 Å². The molecule has 0 radical (unpaired) electrons. The second-order valence-electron chi connectivity index (χ2n) is 6.00. The molecule has 3 rings (SSSR count). The summed E-state index contributed by atoms with van der Waals surface area (Å²) in [6, 6.07) is 3.47. The highest BCUT2D eigenvalue weighted by Gasteiger charge is 2.36. The van der Waals surface area contributed by atoms with Gasteiger partial charge in [-0.3, -0.25) is 9.78 Å². The Balaban J connectivity index is 1.88. The van der Waals surface area contributed by atoms with Crippen molar-refractivity contribution < 1.29 is 13.6 Å². The Morgan fingerprint density at radius 3 is 2.92 bits per heavy atom. The first-order valence-electron chi connectivity index (χ1n) is 7.90. The number of oxazole rings is 1. The molecule has 0 spiro atoms. The van der Waals surface area contributed by atoms with Gasteiger partial charge in [-0.25, -0.2) is 14.4 Å². The summed E-state index contributed by atoms with van der Waals surface area (Å²) >= 11 is 1.41. The van der Waals surface area contributed by atoms with Crippen molar-refractivity contribution in [3.63, 3.8) is 0 Å². The largest absolute Gasteiger partial charge is 0.446 e. The molecule has 2 N–H and O–H groups in total. The van der Waals surface area contributed by atoms with Gasteiger partial charge >= 0.3 is 0 Å². The summed E-state index contributed by atoms with van der Waals surface area (Å²) in [5, 5.41) is 0.362. The number of thioether (sulfide) groups is 1. The predicted molar refractivity (Wildman–Crippen MR) is 94.6 cm³/mol. The fraction of sp³-hybridized carbons (Fsp3) is 0.412. The van der Waals surface area contributed by atoms with Gasteiger partial charge in [0.25, 0.3) is 0 Å². The molecule has 0 saturated heterocycles. The average Bonchev–Trinajstić information content (AvgIpc) is 2.93. The van der Waals surface area contributed by atoms with Crippen LogP contribution < -0.4 is 5.73 Å². The number of amidine groups is 1. The third-order valence-electron chi connectivity index (χ3n) is 4.14. The number of hydrogen-bond donors (Lipinski definition) is 1. The van der Waals surface area contributed by atoms with E-state index in [1.165, 1.54) is 11.8 Å². The topological polar surface area (TPSA) is 94.4 Å². The highest BCUT2D eigenvalue weighted by molar-refractivity contribution is 8.13. The van der Waals surface area contributed by atoms with E-state index in [4.69, 9.17) is 10.2 Å². The Bertz CT molecular complexity index is 836. The highest BCUT2D eigenvalue weighted by atomic mass is 32.2. The van der Waals surface area contributed by atoms with Crippen molar-refractivity contribution in [3.05, 3.63) is 46.9 Å². The number of aliphatic imine (C=N–C) groups is 1. The zero-order valence-corrected chi connectivity index (χ0v) is 14.9. The summed E-state index contributed by atoms with van der Waals surface area (Å²) < 4.78 is 19.1. The maximum Gasteiger partial charge on any atom is 0.191 e. The van der Waals surface area contributed by atoms with Crippen molar-refractivity contribution in [2.75, 3.05) is 12.4 Å². The van der Waals surface area contributed by atoms with E-state index >= 15 is 0 Å². The van der Waals surface area contributed by atoms with E-state index in [0.717, 1.165) is 5.56 Å². The number of carbonyl (C=O) groups is 1. The first-order valence-corrected chi connectivity index (χ1v) is 8.89. The summed E-state index contributed by atoms with van der Waals surface area (Å²) in [7, 11) is 0. The second-order valence-corrected chi connectivity index (χ2v) is 7.12. The van der Waals surface area contributed by atoms with Crippen molar-refractivity contribution in [1.82, 2.24) is 9.97 Å². The minimum absolute atomic E-state index is 0.138. The number of nitrogens with zero attached hydrogens (tertiary/aromatic N) is 3. The molecule has 1 aliphatic rings. The van der Waals surface area contributed by atoms with Crippen LogP contribution in [0.1, 0.15) is 39.8 Å². The number of alkyl halides is 1. The molecule has 0 unspecified atom stereocenters. The summed E-state index contributed by atoms with van der Waals surface area (Å²) in [5.41, 5.74) is 6.28. The fourth-order valence-corrected chi connectivity index (χ4v) is 3.76. The van der Waals surface area contributed by atoms with Crippen molar-refractivity contribution >= 4 is 22.7 Å². The van der Waals surface area contributed by atoms with E-state index in [9.17, 15) is 9.18 Å². The number of aryl methyl sites for hydroxylation is 2. The van der Waals surface area contributed by atoms with Gasteiger partial charge in [0.2, 0.25) is 0 Å². The molecule has 132 valence electrons. The molecule has 0 aliphatic carbocycles. The predicted octanol–water partition coefficient (Wildman–Crippen LogP) is 2.73. The summed E-state index contributed by atoms with van der Waals surface area (Å²) in [6.07, 6.45) is 2.23. The molecule has 0 amide bonds. The number of Topliss-reactive ketones (excluding diaryl/α,β-unsaturated/α-hetero) is 1. The maximum atomic E-state index is 13.8. The molecule has 0 aromatic carbocycles. The lowest BCUT2D eigenvalue weighted by Gasteiger charge is -2.30. The summed E-state index contributed by atoms with van der Waals surface area (Å²) in [6.45, 7) is 2.73. The number of nitrogens with two attached hydrogens (primary N) is 1. The number of ketones is 1. The van der Waals surface area contributed by atoms with Gasteiger partial charge in [0.15, 0.2) is 16.8 Å². The molecule has 1 aliphatic heterocycles. The molecule has 2 aromatic rings. The third-order valence-corrected chi connectivity index (χ3v) is 4.94. The number of carbonyl (C=O) groups excluding carboxylic acids is 1. The minimum atomic E-state index is -1.06. The van der Waals surface area contributed by atoms with Crippen molar-refractivity contribution in [3.8, 4) is 0 Å². The van der Waals surface area contributed by atoms with Crippen molar-refractivity contribution in [2.45, 2.75) is 32.2 Å². The van der Waals surface area contributed by atoms with E-state index in [1.807, 2.05) is 0 Å². The first-order chi connectivity index (χ1) is 11.9. The molecular formula is C17H19FN4O2S. The molecule has 3 heterocycles. The molecule has 0 fully saturated rings. The van der Waals surface area contributed by atoms with Crippen LogP contribution in [0.5, 0.6) is 0 Å². The fourth-order valence-electron chi connectivity index (χ4n) is 2.87. The summed E-state index contributed by atoms with van der Waals surface area (Å²) in [4.78, 5) is 25.2. The number of rotatable bonds is 5. The zero-order chi connectivity index (χ0) is 18.0. The van der Waals surface area contributed by atoms with E-state index in [1.54, 1.807) is 32.2 Å². The van der Waals surface area contributed by atoms with Crippen LogP contribution in [0.25, 0.3) is 0 Å². The number of hydrogen-bond acceptors (Lipinski definition) is 7. The summed E-state index contributed by atoms with van der Waals surface area (Å²) in [5.74, 6) is 1.49. The van der Waals surface area contributed by atoms with Crippen molar-refractivity contribution in [1.29, 1.82) is 0 Å². The van der Waals surface area contributed by atoms with Gasteiger partial charge in [0, 0.05) is 25.3 Å². The molecular weight excluding hydrogens is 343 g/mol. The third kappa shape index (κ3) is 3.58. The molecule has 0 bridgehead atoms. The van der Waals surface area contributed by atoms with Crippen LogP contribution in [0, 0.1) is 13.8 Å². The molecule has 25 heavy (non-hydrogen) atoms. The van der Waals surface area contributed by atoms with Crippen molar-refractivity contribution in [2.24, 2.45) is 10.7 Å². The Morgan fingerprint density at radius 2 is 2.28 bits per heavy atom. The lowest BCUT2D eigenvalue weighted by Crippen LogP contribution is -2.34. The Labute approximate surface area is 149 Å². The zero-order valence-electron chi connectivity index (χ0n) is 14.1. The molecule has 1 atom stereocenters. The number of halogens is 1. The van der Waals surface area contributed by atoms with Crippen LogP contribution in [0.3, 0.4) is 0 Å². The normalized spacial score (nSPS) is 20.4. The van der Waals surface area contributed by atoms with Crippen LogP contribution in [-0.2, 0) is 12.0 Å². The minimum Gasteiger partial charge on any atom is -0.446 e. The van der Waals surface area contributed by atoms with Crippen LogP contribution >= 0.6 is 11.8 Å². The number of aromatic nitrogens is 2. The van der Waals surface area contributed by atoms with Gasteiger partial charge < -0.3 is 10.2 Å². The van der Waals surface area contributed by atoms with Crippen LogP contribution in [0.2, 0.25) is 0 Å². The van der Waals surface area contributed by atoms with Crippen LogP contribution in [0.4, 0.5) is 4.39 Å². The lowest BCUT2D eigenvalue weighted by atomic mass is 9.92. The Kier molecular flexibility index (Phi) is 4.89. The van der Waals surface area contributed by atoms with E-state index in [2.05, 4.69) is 15.0 Å². The van der Waals surface area contributed by atoms with Gasteiger partial charge in [-0.05, 0) is 31.0 Å². The number of pyridine rings is 1. The van der Waals surface area contributed by atoms with Crippen LogP contribution in [-0.4, -0.2) is 33.3 Å². The first kappa shape index (κ1) is 17.6. The van der Waals surface area contributed by atoms with Gasteiger partial charge in [0.1, 0.15) is 23.7 Å². The molecule has 8 heteroatoms. The van der Waals surface area contributed by atoms with Gasteiger partial charge in [-0.1, -0.05) is 11.8 Å². The van der Waals surface area contributed by atoms with Gasteiger partial charge in [-0.2, -0.15) is 0 Å². The Morgan fingerprint density at radius 1 is 1.48 bits per heavy atom. The Hall–Kier alpha value is -2.22. The smallest absolute Gasteiger partial charge is 0.191 e. The highest BCUT2D eigenvalue weighted by Crippen LogP contribution is 2.35. The SMILES string of the molecule is Cc1nc(C(=O)Cc2ccnc([C@]3(CF)CCSC(N)=N3)c2)c(C)o1. The average molecular weight is 362 g/mol. The van der Waals surface area contributed by atoms with E-state index in [-0.39, 0.29) is 12.2 Å². The monoisotopic (exact) mass is 362 g/mol. The lowest BCUT2D eigenvalue weighted by molar-refractivity contribution is 0.0987. The quantitative estimate of drug-likeness (QED) is 0.822. The van der Waals surface area contributed by atoms with Gasteiger partial charge in [-0.15, -0.1) is 0 Å². The second kappa shape index (κ2) is 6.95. The molecule has 0 saturated carbocycles. The molecule has 6 nitrogen and oxygen atoms in total. The van der Waals surface area contributed by atoms with E-state index in [0.29, 0.717) is 40.4 Å².